The molecule has 1 fully saturated rings. The fraction of sp³-hybridized carbons (Fsp3) is 0.333. The zero-order chi connectivity index (χ0) is 8.55. The van der Waals surface area contributed by atoms with E-state index in [1.54, 1.807) is 12.1 Å². The zero-order valence-corrected chi connectivity index (χ0v) is 6.40. The van der Waals surface area contributed by atoms with Crippen LogP contribution in [0.4, 0.5) is 4.39 Å². The van der Waals surface area contributed by atoms with Crippen LogP contribution in [0.2, 0.25) is 0 Å². The van der Waals surface area contributed by atoms with Gasteiger partial charge in [-0.2, -0.15) is 0 Å². The molecule has 0 aromatic heterocycles. The highest BCUT2D eigenvalue weighted by molar-refractivity contribution is 5.20. The van der Waals surface area contributed by atoms with Crippen LogP contribution in [0.1, 0.15) is 11.7 Å². The molecule has 2 unspecified atom stereocenters. The van der Waals surface area contributed by atoms with E-state index in [2.05, 4.69) is 0 Å². The summed E-state index contributed by atoms with van der Waals surface area (Å²) in [5.41, 5.74) is 0.581. The Balaban J connectivity index is 2.20. The van der Waals surface area contributed by atoms with Crippen molar-refractivity contribution in [1.82, 2.24) is 0 Å². The summed E-state index contributed by atoms with van der Waals surface area (Å²) in [7, 11) is 0. The summed E-state index contributed by atoms with van der Waals surface area (Å²) >= 11 is 0. The molecule has 1 saturated heterocycles. The second kappa shape index (κ2) is 2.84. The van der Waals surface area contributed by atoms with Gasteiger partial charge in [0.1, 0.15) is 18.0 Å². The van der Waals surface area contributed by atoms with Crippen molar-refractivity contribution in [2.45, 2.75) is 12.2 Å². The van der Waals surface area contributed by atoms with Crippen molar-refractivity contribution >= 4 is 0 Å². The largest absolute Gasteiger partial charge is 0.386 e. The first kappa shape index (κ1) is 7.71. The van der Waals surface area contributed by atoms with Crippen LogP contribution in [-0.2, 0) is 4.74 Å². The standard InChI is InChI=1S/C9H9FO2/c10-7-3-1-2-6(4-7)9(11)8-5-12-8/h1-4,8-9,11H,5H2. The van der Waals surface area contributed by atoms with Gasteiger partial charge in [0, 0.05) is 0 Å². The van der Waals surface area contributed by atoms with Gasteiger partial charge in [-0.05, 0) is 17.7 Å². The second-order valence-corrected chi connectivity index (χ2v) is 2.87. The lowest BCUT2D eigenvalue weighted by molar-refractivity contribution is 0.136. The minimum Gasteiger partial charge on any atom is -0.386 e. The predicted octanol–water partition coefficient (Wildman–Crippen LogP) is 1.26. The molecule has 2 rings (SSSR count). The minimum absolute atomic E-state index is 0.133. The third kappa shape index (κ3) is 1.47. The summed E-state index contributed by atoms with van der Waals surface area (Å²) < 4.78 is 17.6. The Morgan fingerprint density at radius 3 is 2.92 bits per heavy atom. The molecule has 0 saturated carbocycles. The molecule has 1 N–H and O–H groups in total. The number of halogens is 1. The highest BCUT2D eigenvalue weighted by atomic mass is 19.1. The highest BCUT2D eigenvalue weighted by Gasteiger charge is 2.32. The molecule has 0 aliphatic carbocycles. The fourth-order valence-corrected chi connectivity index (χ4v) is 1.14. The summed E-state index contributed by atoms with van der Waals surface area (Å²) in [6.45, 7) is 0.567. The van der Waals surface area contributed by atoms with Gasteiger partial charge in [-0.15, -0.1) is 0 Å². The van der Waals surface area contributed by atoms with Crippen LogP contribution in [0, 0.1) is 5.82 Å². The van der Waals surface area contributed by atoms with Crippen molar-refractivity contribution in [3.63, 3.8) is 0 Å². The van der Waals surface area contributed by atoms with E-state index in [0.29, 0.717) is 12.2 Å². The molecule has 3 heteroatoms. The maximum atomic E-state index is 12.7. The zero-order valence-electron chi connectivity index (χ0n) is 6.40. The van der Waals surface area contributed by atoms with Gasteiger partial charge in [-0.25, -0.2) is 4.39 Å². The molecule has 1 aromatic carbocycles. The Kier molecular flexibility index (Phi) is 1.83. The molecule has 1 heterocycles. The number of hydrogen-bond donors (Lipinski definition) is 1. The first-order valence-corrected chi connectivity index (χ1v) is 3.82. The Labute approximate surface area is 69.6 Å². The molecular formula is C9H9FO2. The Morgan fingerprint density at radius 1 is 1.58 bits per heavy atom. The van der Waals surface area contributed by atoms with E-state index in [4.69, 9.17) is 4.74 Å². The maximum absolute atomic E-state index is 12.7. The van der Waals surface area contributed by atoms with Crippen molar-refractivity contribution in [1.29, 1.82) is 0 Å². The fourth-order valence-electron chi connectivity index (χ4n) is 1.14. The van der Waals surface area contributed by atoms with Gasteiger partial charge in [-0.3, -0.25) is 0 Å². The SMILES string of the molecule is OC(c1cccc(F)c1)C1CO1. The monoisotopic (exact) mass is 168 g/mol. The van der Waals surface area contributed by atoms with Crippen molar-refractivity contribution in [2.24, 2.45) is 0 Å². The van der Waals surface area contributed by atoms with Crippen LogP contribution in [0.5, 0.6) is 0 Å². The molecule has 0 amide bonds. The molecule has 1 aliphatic heterocycles. The van der Waals surface area contributed by atoms with Gasteiger partial charge >= 0.3 is 0 Å². The van der Waals surface area contributed by atoms with E-state index in [1.807, 2.05) is 0 Å². The average molecular weight is 168 g/mol. The first-order chi connectivity index (χ1) is 5.77. The molecule has 2 atom stereocenters. The number of epoxide rings is 1. The van der Waals surface area contributed by atoms with Gasteiger partial charge in [0.25, 0.3) is 0 Å². The Hall–Kier alpha value is -0.930. The lowest BCUT2D eigenvalue weighted by atomic mass is 10.1. The summed E-state index contributed by atoms with van der Waals surface area (Å²) in [5, 5.41) is 9.49. The van der Waals surface area contributed by atoms with E-state index in [0.717, 1.165) is 0 Å². The molecule has 12 heavy (non-hydrogen) atoms. The maximum Gasteiger partial charge on any atom is 0.123 e. The third-order valence-electron chi connectivity index (χ3n) is 1.90. The molecule has 0 radical (unpaired) electrons. The van der Waals surface area contributed by atoms with E-state index in [9.17, 15) is 9.50 Å². The van der Waals surface area contributed by atoms with Crippen LogP contribution >= 0.6 is 0 Å². The van der Waals surface area contributed by atoms with E-state index in [-0.39, 0.29) is 11.9 Å². The smallest absolute Gasteiger partial charge is 0.123 e. The van der Waals surface area contributed by atoms with E-state index >= 15 is 0 Å². The number of ether oxygens (including phenoxy) is 1. The van der Waals surface area contributed by atoms with Crippen LogP contribution in [0.15, 0.2) is 24.3 Å². The van der Waals surface area contributed by atoms with Gasteiger partial charge < -0.3 is 9.84 Å². The summed E-state index contributed by atoms with van der Waals surface area (Å²) in [5.74, 6) is -0.327. The summed E-state index contributed by atoms with van der Waals surface area (Å²) in [6, 6.07) is 5.95. The molecule has 0 spiro atoms. The van der Waals surface area contributed by atoms with Crippen molar-refractivity contribution in [2.75, 3.05) is 6.61 Å². The topological polar surface area (TPSA) is 32.8 Å². The van der Waals surface area contributed by atoms with Crippen molar-refractivity contribution in [3.8, 4) is 0 Å². The summed E-state index contributed by atoms with van der Waals surface area (Å²) in [4.78, 5) is 0. The second-order valence-electron chi connectivity index (χ2n) is 2.87. The van der Waals surface area contributed by atoms with Gasteiger partial charge in [0.05, 0.1) is 6.61 Å². The normalized spacial score (nSPS) is 23.7. The predicted molar refractivity (Wildman–Crippen MR) is 41.1 cm³/mol. The van der Waals surface area contributed by atoms with E-state index < -0.39 is 6.10 Å². The number of rotatable bonds is 2. The first-order valence-electron chi connectivity index (χ1n) is 3.82. The quantitative estimate of drug-likeness (QED) is 0.674. The third-order valence-corrected chi connectivity index (χ3v) is 1.90. The average Bonchev–Trinajstić information content (AvgIpc) is 2.85. The van der Waals surface area contributed by atoms with Crippen molar-refractivity contribution < 1.29 is 14.2 Å². The molecule has 64 valence electrons. The molecule has 2 nitrogen and oxygen atoms in total. The van der Waals surface area contributed by atoms with Crippen LogP contribution < -0.4 is 0 Å². The minimum atomic E-state index is -0.680. The lowest BCUT2D eigenvalue weighted by Gasteiger charge is -2.06. The van der Waals surface area contributed by atoms with Crippen molar-refractivity contribution in [3.05, 3.63) is 35.6 Å². The van der Waals surface area contributed by atoms with Gasteiger partial charge in [0.15, 0.2) is 0 Å². The van der Waals surface area contributed by atoms with Crippen LogP contribution in [-0.4, -0.2) is 17.8 Å². The number of benzene rings is 1. The number of aliphatic hydroxyl groups excluding tert-OH is 1. The molecule has 1 aliphatic rings. The number of aliphatic hydroxyl groups is 1. The molecule has 1 aromatic rings. The van der Waals surface area contributed by atoms with E-state index in [1.165, 1.54) is 12.1 Å². The summed E-state index contributed by atoms with van der Waals surface area (Å²) in [6.07, 6.45) is -0.813. The van der Waals surface area contributed by atoms with Crippen LogP contribution in [0.3, 0.4) is 0 Å². The Bertz CT molecular complexity index is 284. The van der Waals surface area contributed by atoms with Gasteiger partial charge in [-0.1, -0.05) is 12.1 Å². The van der Waals surface area contributed by atoms with Gasteiger partial charge in [0.2, 0.25) is 0 Å². The molecular weight excluding hydrogens is 159 g/mol. The van der Waals surface area contributed by atoms with Crippen LogP contribution in [0.25, 0.3) is 0 Å². The Morgan fingerprint density at radius 2 is 2.33 bits per heavy atom. The highest BCUT2D eigenvalue weighted by Crippen LogP contribution is 2.27. The number of hydrogen-bond acceptors (Lipinski definition) is 2. The molecule has 0 bridgehead atoms. The lowest BCUT2D eigenvalue weighted by Crippen LogP contribution is -2.04.